The fraction of sp³-hybridized carbons (Fsp3) is 0.439. The van der Waals surface area contributed by atoms with Crippen molar-refractivity contribution in [3.63, 3.8) is 0 Å². The molecule has 14 nitrogen and oxygen atoms in total. The van der Waals surface area contributed by atoms with Crippen molar-refractivity contribution in [2.45, 2.75) is 90.1 Å². The second kappa shape index (κ2) is 17.1. The number of ether oxygens (including phenoxy) is 5. The van der Waals surface area contributed by atoms with Gasteiger partial charge >= 0.3 is 12.1 Å². The van der Waals surface area contributed by atoms with E-state index in [2.05, 4.69) is 21.3 Å². The van der Waals surface area contributed by atoms with Gasteiger partial charge < -0.3 is 45.0 Å². The van der Waals surface area contributed by atoms with Crippen LogP contribution in [-0.2, 0) is 47.9 Å². The first-order chi connectivity index (χ1) is 26.1. The van der Waals surface area contributed by atoms with Crippen LogP contribution in [-0.4, -0.2) is 80.9 Å². The molecule has 4 N–H and O–H groups in total. The van der Waals surface area contributed by atoms with Crippen molar-refractivity contribution in [1.82, 2.24) is 21.3 Å². The molecule has 0 aliphatic carbocycles. The van der Waals surface area contributed by atoms with Crippen LogP contribution in [0.2, 0.25) is 0 Å². The van der Waals surface area contributed by atoms with Gasteiger partial charge in [0.2, 0.25) is 17.7 Å². The lowest BCUT2D eigenvalue weighted by molar-refractivity contribution is -0.145. The molecule has 8 bridgehead atoms. The average molecular weight is 759 g/mol. The molecule has 3 aliphatic rings. The predicted octanol–water partition coefficient (Wildman–Crippen LogP) is 4.38. The third-order valence-corrected chi connectivity index (χ3v) is 9.58. The molecule has 0 saturated heterocycles. The van der Waals surface area contributed by atoms with E-state index in [1.54, 1.807) is 70.2 Å². The van der Waals surface area contributed by atoms with Crippen molar-refractivity contribution >= 4 is 29.8 Å². The summed E-state index contributed by atoms with van der Waals surface area (Å²) >= 11 is 0. The van der Waals surface area contributed by atoms with Gasteiger partial charge in [0.1, 0.15) is 41.3 Å². The molecule has 0 spiro atoms. The Labute approximate surface area is 321 Å². The SMILES string of the molecule is CC[C@H](C)[C@@H]1NC(=O)[C@@H](NC(=O)OC(C)(C)C)Cc2ccc(OC)c(c2)-c2cc3cc(c2OC)Oc2ccc(cc2)C[C@@H](C(=O)OC)NC(=O)C(C3)NC1=O. The van der Waals surface area contributed by atoms with Crippen LogP contribution < -0.4 is 35.5 Å². The maximum Gasteiger partial charge on any atom is 0.408 e. The first-order valence-corrected chi connectivity index (χ1v) is 18.3. The van der Waals surface area contributed by atoms with E-state index in [0.717, 1.165) is 5.56 Å². The van der Waals surface area contributed by atoms with Crippen LogP contribution in [0, 0.1) is 5.92 Å². The standard InChI is InChI=1S/C41H50N4O10/c1-9-22(2)34-38(48)42-29-20-25-17-28(27-16-24(12-15-32(27)51-6)19-30(37(47)45-34)44-40(50)55-41(3,4)5)35(52-7)33(21-25)54-26-13-10-23(11-14-26)18-31(39(49)53-8)43-36(29)46/h10-17,21-22,29-31,34H,9,18-20H2,1-8H3,(H,42,48)(H,43,46)(H,44,50)(H,45,47)/t22-,29?,30-,31-,34-/m0/s1. The van der Waals surface area contributed by atoms with Gasteiger partial charge in [0.15, 0.2) is 11.5 Å². The summed E-state index contributed by atoms with van der Waals surface area (Å²) in [6.07, 6.45) is -0.266. The van der Waals surface area contributed by atoms with E-state index < -0.39 is 65.5 Å². The van der Waals surface area contributed by atoms with Gasteiger partial charge in [0, 0.05) is 30.4 Å². The smallest absolute Gasteiger partial charge is 0.408 e. The van der Waals surface area contributed by atoms with Gasteiger partial charge in [0.05, 0.1) is 21.3 Å². The molecule has 1 unspecified atom stereocenters. The number of methoxy groups -OCH3 is 3. The number of carbonyl (C=O) groups is 5. The van der Waals surface area contributed by atoms with E-state index in [1.165, 1.54) is 21.3 Å². The molecule has 14 heteroatoms. The third kappa shape index (κ3) is 9.85. The van der Waals surface area contributed by atoms with Crippen molar-refractivity contribution in [1.29, 1.82) is 0 Å². The number of benzene rings is 3. The number of alkyl carbamates (subject to hydrolysis) is 1. The van der Waals surface area contributed by atoms with Crippen LogP contribution >= 0.6 is 0 Å². The van der Waals surface area contributed by atoms with E-state index in [-0.39, 0.29) is 19.3 Å². The van der Waals surface area contributed by atoms with Crippen LogP contribution in [0.5, 0.6) is 23.0 Å². The van der Waals surface area contributed by atoms with Gasteiger partial charge in [-0.25, -0.2) is 9.59 Å². The second-order valence-electron chi connectivity index (χ2n) is 14.8. The lowest BCUT2D eigenvalue weighted by Crippen LogP contribution is -2.60. The normalized spacial score (nSPS) is 20.6. The van der Waals surface area contributed by atoms with E-state index in [9.17, 15) is 24.0 Å². The summed E-state index contributed by atoms with van der Waals surface area (Å²) in [6, 6.07) is 11.3. The molecule has 6 rings (SSSR count). The van der Waals surface area contributed by atoms with Gasteiger partial charge in [-0.3, -0.25) is 14.4 Å². The Bertz CT molecular complexity index is 1920. The van der Waals surface area contributed by atoms with Gasteiger partial charge in [-0.15, -0.1) is 0 Å². The molecular formula is C41H50N4O10. The quantitative estimate of drug-likeness (QED) is 0.264. The van der Waals surface area contributed by atoms with E-state index in [4.69, 9.17) is 23.7 Å². The Kier molecular flexibility index (Phi) is 12.6. The summed E-state index contributed by atoms with van der Waals surface area (Å²) in [4.78, 5) is 68.8. The van der Waals surface area contributed by atoms with Crippen LogP contribution in [0.1, 0.15) is 57.7 Å². The number of fused-ring (bicyclic) bond motifs is 9. The molecule has 0 saturated carbocycles. The first-order valence-electron chi connectivity index (χ1n) is 18.3. The second-order valence-corrected chi connectivity index (χ2v) is 14.8. The zero-order valence-electron chi connectivity index (χ0n) is 32.5. The van der Waals surface area contributed by atoms with Crippen LogP contribution in [0.3, 0.4) is 0 Å². The number of nitrogens with one attached hydrogen (secondary N) is 4. The fourth-order valence-electron chi connectivity index (χ4n) is 6.58. The lowest BCUT2D eigenvalue weighted by Gasteiger charge is -2.29. The number of rotatable bonds is 6. The van der Waals surface area contributed by atoms with Crippen molar-refractivity contribution in [2.24, 2.45) is 5.92 Å². The number of hydrogen-bond donors (Lipinski definition) is 4. The molecular weight excluding hydrogens is 708 g/mol. The highest BCUT2D eigenvalue weighted by Crippen LogP contribution is 2.45. The molecule has 294 valence electrons. The monoisotopic (exact) mass is 758 g/mol. The zero-order chi connectivity index (χ0) is 40.0. The van der Waals surface area contributed by atoms with Gasteiger partial charge in [0.25, 0.3) is 0 Å². The highest BCUT2D eigenvalue weighted by atomic mass is 16.6. The third-order valence-electron chi connectivity index (χ3n) is 9.58. The molecule has 4 amide bonds. The summed E-state index contributed by atoms with van der Waals surface area (Å²) < 4.78 is 28.8. The Morgan fingerprint density at radius 2 is 1.51 bits per heavy atom. The van der Waals surface area contributed by atoms with Crippen molar-refractivity contribution in [3.05, 3.63) is 71.3 Å². The highest BCUT2D eigenvalue weighted by Gasteiger charge is 2.35. The van der Waals surface area contributed by atoms with Crippen LogP contribution in [0.4, 0.5) is 4.79 Å². The minimum atomic E-state index is -1.24. The van der Waals surface area contributed by atoms with Crippen LogP contribution in [0.15, 0.2) is 54.6 Å². The summed E-state index contributed by atoms with van der Waals surface area (Å²) in [5.41, 5.74) is 2.19. The van der Waals surface area contributed by atoms with Gasteiger partial charge in [-0.2, -0.15) is 0 Å². The Morgan fingerprint density at radius 1 is 0.818 bits per heavy atom. The van der Waals surface area contributed by atoms with Crippen molar-refractivity contribution < 1.29 is 47.7 Å². The molecule has 55 heavy (non-hydrogen) atoms. The number of esters is 1. The molecule has 0 radical (unpaired) electrons. The maximum absolute atomic E-state index is 14.3. The molecule has 0 fully saturated rings. The molecule has 3 aliphatic heterocycles. The minimum Gasteiger partial charge on any atom is -0.496 e. The fourth-order valence-corrected chi connectivity index (χ4v) is 6.58. The Morgan fingerprint density at radius 3 is 2.15 bits per heavy atom. The summed E-state index contributed by atoms with van der Waals surface area (Å²) in [5.74, 6) is -1.35. The molecule has 0 aromatic heterocycles. The zero-order valence-corrected chi connectivity index (χ0v) is 32.5. The number of hydrogen-bond acceptors (Lipinski definition) is 10. The summed E-state index contributed by atoms with van der Waals surface area (Å²) in [5, 5.41) is 11.2. The minimum absolute atomic E-state index is 0.00851. The topological polar surface area (TPSA) is 180 Å². The van der Waals surface area contributed by atoms with Crippen molar-refractivity contribution in [3.8, 4) is 34.1 Å². The molecule has 3 aromatic rings. The lowest BCUT2D eigenvalue weighted by atomic mass is 9.94. The van der Waals surface area contributed by atoms with E-state index in [1.807, 2.05) is 19.1 Å². The predicted molar refractivity (Wildman–Crippen MR) is 203 cm³/mol. The largest absolute Gasteiger partial charge is 0.496 e. The molecule has 3 aromatic carbocycles. The van der Waals surface area contributed by atoms with E-state index in [0.29, 0.717) is 51.7 Å². The first kappa shape index (κ1) is 40.4. The van der Waals surface area contributed by atoms with Gasteiger partial charge in [-0.1, -0.05) is 38.5 Å². The van der Waals surface area contributed by atoms with Crippen LogP contribution in [0.25, 0.3) is 11.1 Å². The van der Waals surface area contributed by atoms with E-state index >= 15 is 0 Å². The maximum atomic E-state index is 14.3. The Hall–Kier alpha value is -5.79. The molecule has 5 atom stereocenters. The highest BCUT2D eigenvalue weighted by molar-refractivity contribution is 5.95. The number of carbonyl (C=O) groups excluding carboxylic acids is 5. The molecule has 3 heterocycles. The van der Waals surface area contributed by atoms with Gasteiger partial charge in [-0.05, 0) is 79.8 Å². The Balaban J connectivity index is 1.75. The average Bonchev–Trinajstić information content (AvgIpc) is 3.14. The summed E-state index contributed by atoms with van der Waals surface area (Å²) in [6.45, 7) is 8.80. The summed E-state index contributed by atoms with van der Waals surface area (Å²) in [7, 11) is 4.27. The van der Waals surface area contributed by atoms with Crippen molar-refractivity contribution in [2.75, 3.05) is 21.3 Å². The number of amides is 4.